The van der Waals surface area contributed by atoms with Gasteiger partial charge in [0.25, 0.3) is 5.91 Å². The molecule has 0 N–H and O–H groups in total. The molecule has 4 aromatic rings. The third-order valence-electron chi connectivity index (χ3n) is 4.59. The predicted octanol–water partition coefficient (Wildman–Crippen LogP) is 5.05. The predicted molar refractivity (Wildman–Crippen MR) is 116 cm³/mol. The van der Waals surface area contributed by atoms with E-state index in [0.717, 1.165) is 21.5 Å². The van der Waals surface area contributed by atoms with E-state index in [1.807, 2.05) is 37.3 Å². The molecule has 29 heavy (non-hydrogen) atoms. The zero-order valence-corrected chi connectivity index (χ0v) is 16.9. The normalized spacial score (nSPS) is 10.8. The third kappa shape index (κ3) is 4.07. The second-order valence-corrected chi connectivity index (χ2v) is 7.82. The van der Waals surface area contributed by atoms with Gasteiger partial charge in [-0.3, -0.25) is 19.5 Å². The lowest BCUT2D eigenvalue weighted by molar-refractivity contribution is 0.0980. The largest absolute Gasteiger partial charge is 0.295 e. The SMILES string of the molecule is CC(=O)c1ccc(C(=O)N(Cc2ccccn2)c2nc3ccc(C)cc3s2)cc1. The zero-order chi connectivity index (χ0) is 20.4. The highest BCUT2D eigenvalue weighted by molar-refractivity contribution is 7.22. The van der Waals surface area contributed by atoms with Gasteiger partial charge in [0.15, 0.2) is 10.9 Å². The average molecular weight is 401 g/mol. The van der Waals surface area contributed by atoms with E-state index >= 15 is 0 Å². The number of Topliss-reactive ketones (excluding diaryl/α,β-unsaturated/α-hetero) is 1. The lowest BCUT2D eigenvalue weighted by Gasteiger charge is -2.19. The van der Waals surface area contributed by atoms with Crippen molar-refractivity contribution in [1.82, 2.24) is 9.97 Å². The van der Waals surface area contributed by atoms with Crippen LogP contribution in [0.2, 0.25) is 0 Å². The van der Waals surface area contributed by atoms with E-state index in [2.05, 4.69) is 16.0 Å². The average Bonchev–Trinajstić information content (AvgIpc) is 3.15. The van der Waals surface area contributed by atoms with Gasteiger partial charge >= 0.3 is 0 Å². The Hall–Kier alpha value is -3.38. The number of ketones is 1. The minimum Gasteiger partial charge on any atom is -0.295 e. The van der Waals surface area contributed by atoms with Crippen molar-refractivity contribution in [3.8, 4) is 0 Å². The van der Waals surface area contributed by atoms with E-state index in [9.17, 15) is 9.59 Å². The molecule has 0 saturated heterocycles. The molecular formula is C23H19N3O2S. The molecule has 1 amide bonds. The summed E-state index contributed by atoms with van der Waals surface area (Å²) in [4.78, 5) is 35.6. The van der Waals surface area contributed by atoms with Crippen LogP contribution in [0.1, 0.15) is 38.9 Å². The van der Waals surface area contributed by atoms with Crippen molar-refractivity contribution >= 4 is 38.4 Å². The van der Waals surface area contributed by atoms with Crippen molar-refractivity contribution in [2.75, 3.05) is 4.90 Å². The maximum absolute atomic E-state index is 13.4. The van der Waals surface area contributed by atoms with Crippen molar-refractivity contribution in [2.45, 2.75) is 20.4 Å². The van der Waals surface area contributed by atoms with Gasteiger partial charge < -0.3 is 0 Å². The van der Waals surface area contributed by atoms with Gasteiger partial charge in [0.2, 0.25) is 0 Å². The van der Waals surface area contributed by atoms with Crippen molar-refractivity contribution in [3.63, 3.8) is 0 Å². The van der Waals surface area contributed by atoms with Crippen LogP contribution in [0.5, 0.6) is 0 Å². The summed E-state index contributed by atoms with van der Waals surface area (Å²) >= 11 is 1.48. The first-order valence-corrected chi connectivity index (χ1v) is 10.0. The van der Waals surface area contributed by atoms with Crippen molar-refractivity contribution in [2.24, 2.45) is 0 Å². The number of aryl methyl sites for hydroxylation is 1. The fraction of sp³-hybridized carbons (Fsp3) is 0.130. The number of amides is 1. The fourth-order valence-corrected chi connectivity index (χ4v) is 4.08. The standard InChI is InChI=1S/C23H19N3O2S/c1-15-6-11-20-21(13-15)29-23(25-20)26(14-19-5-3-4-12-24-19)22(28)18-9-7-17(8-10-18)16(2)27/h3-13H,14H2,1-2H3. The van der Waals surface area contributed by atoms with Gasteiger partial charge in [-0.2, -0.15) is 0 Å². The summed E-state index contributed by atoms with van der Waals surface area (Å²) in [6.45, 7) is 3.85. The first-order valence-electron chi connectivity index (χ1n) is 9.21. The molecule has 0 aliphatic heterocycles. The van der Waals surface area contributed by atoms with Crippen molar-refractivity contribution in [1.29, 1.82) is 0 Å². The summed E-state index contributed by atoms with van der Waals surface area (Å²) < 4.78 is 1.03. The molecule has 6 heteroatoms. The van der Waals surface area contributed by atoms with Gasteiger partial charge in [-0.25, -0.2) is 4.98 Å². The topological polar surface area (TPSA) is 63.2 Å². The van der Waals surface area contributed by atoms with E-state index in [-0.39, 0.29) is 11.7 Å². The minimum atomic E-state index is -0.179. The molecule has 0 bridgehead atoms. The number of pyridine rings is 1. The molecule has 2 heterocycles. The Bertz CT molecular complexity index is 1180. The van der Waals surface area contributed by atoms with Crippen LogP contribution in [0.15, 0.2) is 66.9 Å². The smallest absolute Gasteiger partial charge is 0.260 e. The quantitative estimate of drug-likeness (QED) is 0.439. The Morgan fingerprint density at radius 2 is 1.76 bits per heavy atom. The molecule has 0 fully saturated rings. The molecule has 0 radical (unpaired) electrons. The summed E-state index contributed by atoms with van der Waals surface area (Å²) in [5, 5.41) is 0.622. The van der Waals surface area contributed by atoms with Crippen LogP contribution in [0.3, 0.4) is 0 Å². The number of benzene rings is 2. The van der Waals surface area contributed by atoms with Crippen LogP contribution in [-0.4, -0.2) is 21.7 Å². The number of hydrogen-bond acceptors (Lipinski definition) is 5. The fourth-order valence-electron chi connectivity index (χ4n) is 3.02. The Morgan fingerprint density at radius 1 is 1.00 bits per heavy atom. The summed E-state index contributed by atoms with van der Waals surface area (Å²) in [6, 6.07) is 18.4. The van der Waals surface area contributed by atoms with E-state index in [1.165, 1.54) is 18.3 Å². The van der Waals surface area contributed by atoms with Gasteiger partial charge in [0.05, 0.1) is 22.5 Å². The number of thiazole rings is 1. The highest BCUT2D eigenvalue weighted by Gasteiger charge is 2.22. The van der Waals surface area contributed by atoms with E-state index in [0.29, 0.717) is 22.8 Å². The third-order valence-corrected chi connectivity index (χ3v) is 5.63. The van der Waals surface area contributed by atoms with Crippen LogP contribution in [0.4, 0.5) is 5.13 Å². The molecule has 0 saturated carbocycles. The van der Waals surface area contributed by atoms with Gasteiger partial charge in [-0.05, 0) is 55.8 Å². The Kier molecular flexibility index (Phi) is 5.18. The number of carbonyl (C=O) groups excluding carboxylic acids is 2. The number of nitrogens with zero attached hydrogens (tertiary/aromatic N) is 3. The van der Waals surface area contributed by atoms with E-state index in [1.54, 1.807) is 35.4 Å². The molecular weight excluding hydrogens is 382 g/mol. The lowest BCUT2D eigenvalue weighted by Crippen LogP contribution is -2.30. The Balaban J connectivity index is 1.74. The first kappa shape index (κ1) is 19.0. The highest BCUT2D eigenvalue weighted by atomic mass is 32.1. The second kappa shape index (κ2) is 7.93. The van der Waals surface area contributed by atoms with Gasteiger partial charge in [-0.15, -0.1) is 0 Å². The van der Waals surface area contributed by atoms with E-state index < -0.39 is 0 Å². The Morgan fingerprint density at radius 3 is 2.45 bits per heavy atom. The summed E-state index contributed by atoms with van der Waals surface area (Å²) in [5.41, 5.74) is 3.86. The van der Waals surface area contributed by atoms with Crippen LogP contribution < -0.4 is 4.90 Å². The molecule has 2 aromatic carbocycles. The summed E-state index contributed by atoms with van der Waals surface area (Å²) in [5.74, 6) is -0.211. The number of carbonyl (C=O) groups is 2. The zero-order valence-electron chi connectivity index (χ0n) is 16.1. The molecule has 0 spiro atoms. The van der Waals surface area contributed by atoms with Gasteiger partial charge in [0.1, 0.15) is 0 Å². The molecule has 0 atom stereocenters. The van der Waals surface area contributed by atoms with Gasteiger partial charge in [-0.1, -0.05) is 35.6 Å². The number of aromatic nitrogens is 2. The maximum Gasteiger partial charge on any atom is 0.260 e. The number of rotatable bonds is 5. The number of fused-ring (bicyclic) bond motifs is 1. The second-order valence-electron chi connectivity index (χ2n) is 6.81. The molecule has 0 aliphatic carbocycles. The molecule has 5 nitrogen and oxygen atoms in total. The summed E-state index contributed by atoms with van der Waals surface area (Å²) in [7, 11) is 0. The monoisotopic (exact) mass is 401 g/mol. The first-order chi connectivity index (χ1) is 14.0. The van der Waals surface area contributed by atoms with E-state index in [4.69, 9.17) is 0 Å². The van der Waals surface area contributed by atoms with Crippen LogP contribution in [-0.2, 0) is 6.54 Å². The summed E-state index contributed by atoms with van der Waals surface area (Å²) in [6.07, 6.45) is 1.71. The molecule has 144 valence electrons. The Labute approximate surface area is 172 Å². The van der Waals surface area contributed by atoms with Crippen LogP contribution in [0, 0.1) is 6.92 Å². The van der Waals surface area contributed by atoms with Gasteiger partial charge in [0, 0.05) is 17.3 Å². The minimum absolute atomic E-state index is 0.0316. The number of hydrogen-bond donors (Lipinski definition) is 0. The number of anilines is 1. The molecule has 2 aromatic heterocycles. The van der Waals surface area contributed by atoms with Crippen LogP contribution in [0.25, 0.3) is 10.2 Å². The van der Waals surface area contributed by atoms with Crippen molar-refractivity contribution in [3.05, 3.63) is 89.2 Å². The highest BCUT2D eigenvalue weighted by Crippen LogP contribution is 2.31. The molecule has 0 aliphatic rings. The van der Waals surface area contributed by atoms with Crippen molar-refractivity contribution < 1.29 is 9.59 Å². The molecule has 4 rings (SSSR count). The lowest BCUT2D eigenvalue weighted by atomic mass is 10.1. The molecule has 0 unspecified atom stereocenters. The maximum atomic E-state index is 13.4. The van der Waals surface area contributed by atoms with Crippen LogP contribution >= 0.6 is 11.3 Å².